The molecule has 0 amide bonds. The smallest absolute Gasteiger partial charge is 0.194 e. The van der Waals surface area contributed by atoms with Gasteiger partial charge in [-0.05, 0) is 6.92 Å². The third kappa shape index (κ3) is 2.32. The van der Waals surface area contributed by atoms with Crippen LogP contribution in [0.4, 0.5) is 18.9 Å². The lowest BCUT2D eigenvalue weighted by molar-refractivity contribution is 0.448. The Balaban J connectivity index is 2.19. The first-order chi connectivity index (χ1) is 7.56. The third-order valence-corrected chi connectivity index (χ3v) is 3.16. The van der Waals surface area contributed by atoms with E-state index in [1.807, 2.05) is 6.92 Å². The normalized spacial score (nSPS) is 19.8. The summed E-state index contributed by atoms with van der Waals surface area (Å²) in [4.78, 5) is 4.20. The average molecular weight is 246 g/mol. The number of thioether (sulfide) groups is 1. The second kappa shape index (κ2) is 4.37. The van der Waals surface area contributed by atoms with Gasteiger partial charge in [0, 0.05) is 23.6 Å². The first-order valence-electron chi connectivity index (χ1n) is 4.68. The number of benzene rings is 1. The van der Waals surface area contributed by atoms with Crippen LogP contribution in [0.2, 0.25) is 0 Å². The van der Waals surface area contributed by atoms with Gasteiger partial charge >= 0.3 is 0 Å². The first kappa shape index (κ1) is 11.3. The number of nitrogens with zero attached hydrogens (tertiary/aromatic N) is 1. The van der Waals surface area contributed by atoms with E-state index in [-0.39, 0.29) is 11.7 Å². The molecule has 0 bridgehead atoms. The van der Waals surface area contributed by atoms with E-state index >= 15 is 0 Å². The van der Waals surface area contributed by atoms with Crippen molar-refractivity contribution in [2.75, 3.05) is 11.1 Å². The molecule has 1 unspecified atom stereocenters. The number of aliphatic imine (C=N–C) groups is 1. The molecule has 0 aliphatic carbocycles. The largest absolute Gasteiger partial charge is 0.335 e. The van der Waals surface area contributed by atoms with E-state index in [1.165, 1.54) is 11.8 Å². The standard InChI is InChI=1S/C10H9F3N2S/c1-5-4-16-10(14-5)15-6-2-7(11)9(13)8(12)3-6/h2-3,5H,4H2,1H3,(H,14,15). The van der Waals surface area contributed by atoms with E-state index in [4.69, 9.17) is 0 Å². The molecule has 0 saturated carbocycles. The van der Waals surface area contributed by atoms with Gasteiger partial charge in [-0.3, -0.25) is 4.99 Å². The van der Waals surface area contributed by atoms with E-state index in [1.54, 1.807) is 0 Å². The molecule has 1 aromatic carbocycles. The molecule has 0 spiro atoms. The highest BCUT2D eigenvalue weighted by molar-refractivity contribution is 8.14. The van der Waals surface area contributed by atoms with Crippen LogP contribution in [0.15, 0.2) is 17.1 Å². The van der Waals surface area contributed by atoms with Crippen LogP contribution in [0.5, 0.6) is 0 Å². The molecule has 1 atom stereocenters. The summed E-state index contributed by atoms with van der Waals surface area (Å²) in [7, 11) is 0. The van der Waals surface area contributed by atoms with Crippen LogP contribution in [0.25, 0.3) is 0 Å². The van der Waals surface area contributed by atoms with Crippen molar-refractivity contribution in [1.82, 2.24) is 0 Å². The van der Waals surface area contributed by atoms with Gasteiger partial charge in [-0.2, -0.15) is 0 Å². The zero-order chi connectivity index (χ0) is 11.7. The van der Waals surface area contributed by atoms with Gasteiger partial charge in [0.15, 0.2) is 22.6 Å². The second-order valence-electron chi connectivity index (χ2n) is 3.47. The number of hydrogen-bond donors (Lipinski definition) is 1. The van der Waals surface area contributed by atoms with E-state index < -0.39 is 17.5 Å². The molecule has 0 radical (unpaired) electrons. The van der Waals surface area contributed by atoms with Crippen molar-refractivity contribution >= 4 is 22.6 Å². The number of anilines is 1. The van der Waals surface area contributed by atoms with Gasteiger partial charge in [-0.1, -0.05) is 11.8 Å². The van der Waals surface area contributed by atoms with Gasteiger partial charge in [0.05, 0.1) is 6.04 Å². The summed E-state index contributed by atoms with van der Waals surface area (Å²) in [6.45, 7) is 1.94. The van der Waals surface area contributed by atoms with Crippen molar-refractivity contribution in [3.05, 3.63) is 29.6 Å². The van der Waals surface area contributed by atoms with E-state index in [0.717, 1.165) is 17.9 Å². The molecule has 1 aromatic rings. The monoisotopic (exact) mass is 246 g/mol. The molecule has 0 aromatic heterocycles. The van der Waals surface area contributed by atoms with Crippen LogP contribution in [0.1, 0.15) is 6.92 Å². The SMILES string of the molecule is CC1CSC(Nc2cc(F)c(F)c(F)c2)=N1. The maximum atomic E-state index is 12.9. The molecule has 1 N–H and O–H groups in total. The topological polar surface area (TPSA) is 24.4 Å². The van der Waals surface area contributed by atoms with Crippen molar-refractivity contribution in [3.63, 3.8) is 0 Å². The molecule has 2 nitrogen and oxygen atoms in total. The lowest BCUT2D eigenvalue weighted by atomic mass is 10.3. The van der Waals surface area contributed by atoms with Crippen LogP contribution < -0.4 is 5.32 Å². The van der Waals surface area contributed by atoms with E-state index in [2.05, 4.69) is 10.3 Å². The second-order valence-corrected chi connectivity index (χ2v) is 4.48. The first-order valence-corrected chi connectivity index (χ1v) is 5.67. The van der Waals surface area contributed by atoms with Crippen LogP contribution >= 0.6 is 11.8 Å². The minimum Gasteiger partial charge on any atom is -0.335 e. The zero-order valence-corrected chi connectivity index (χ0v) is 9.25. The number of nitrogens with one attached hydrogen (secondary N) is 1. The highest BCUT2D eigenvalue weighted by Gasteiger charge is 2.16. The van der Waals surface area contributed by atoms with Crippen LogP contribution in [0, 0.1) is 17.5 Å². The fraction of sp³-hybridized carbons (Fsp3) is 0.300. The zero-order valence-electron chi connectivity index (χ0n) is 8.43. The highest BCUT2D eigenvalue weighted by Crippen LogP contribution is 2.22. The Kier molecular flexibility index (Phi) is 3.09. The minimum absolute atomic E-state index is 0.164. The number of amidine groups is 1. The van der Waals surface area contributed by atoms with Crippen molar-refractivity contribution in [2.45, 2.75) is 13.0 Å². The third-order valence-electron chi connectivity index (χ3n) is 2.03. The Morgan fingerprint density at radius 2 is 1.94 bits per heavy atom. The maximum Gasteiger partial charge on any atom is 0.194 e. The number of hydrogen-bond acceptors (Lipinski definition) is 3. The van der Waals surface area contributed by atoms with Gasteiger partial charge in [-0.25, -0.2) is 13.2 Å². The summed E-state index contributed by atoms with van der Waals surface area (Å²) < 4.78 is 38.5. The maximum absolute atomic E-state index is 12.9. The summed E-state index contributed by atoms with van der Waals surface area (Å²) in [5.41, 5.74) is 0.164. The van der Waals surface area contributed by atoms with Gasteiger partial charge in [0.2, 0.25) is 0 Å². The van der Waals surface area contributed by atoms with Crippen molar-refractivity contribution < 1.29 is 13.2 Å². The summed E-state index contributed by atoms with van der Waals surface area (Å²) in [5.74, 6) is -3.05. The quantitative estimate of drug-likeness (QED) is 0.770. The van der Waals surface area contributed by atoms with E-state index in [9.17, 15) is 13.2 Å². The molecular formula is C10H9F3N2S. The predicted molar refractivity (Wildman–Crippen MR) is 59.3 cm³/mol. The predicted octanol–water partition coefficient (Wildman–Crippen LogP) is 3.01. The fourth-order valence-corrected chi connectivity index (χ4v) is 2.21. The van der Waals surface area contributed by atoms with Gasteiger partial charge < -0.3 is 5.32 Å². The molecule has 6 heteroatoms. The molecule has 0 fully saturated rings. The Morgan fingerprint density at radius 1 is 1.31 bits per heavy atom. The van der Waals surface area contributed by atoms with Crippen LogP contribution in [-0.2, 0) is 0 Å². The summed E-state index contributed by atoms with van der Waals surface area (Å²) >= 11 is 1.46. The highest BCUT2D eigenvalue weighted by atomic mass is 32.2. The molecule has 0 saturated heterocycles. The Bertz CT molecular complexity index is 425. The molecular weight excluding hydrogens is 237 g/mol. The summed E-state index contributed by atoms with van der Waals surface area (Å²) in [6.07, 6.45) is 0. The van der Waals surface area contributed by atoms with Crippen molar-refractivity contribution in [3.8, 4) is 0 Å². The summed E-state index contributed by atoms with van der Waals surface area (Å²) in [5, 5.41) is 3.34. The van der Waals surface area contributed by atoms with Gasteiger partial charge in [0.1, 0.15) is 0 Å². The van der Waals surface area contributed by atoms with E-state index in [0.29, 0.717) is 5.17 Å². The molecule has 2 rings (SSSR count). The van der Waals surface area contributed by atoms with Crippen LogP contribution in [-0.4, -0.2) is 17.0 Å². The lowest BCUT2D eigenvalue weighted by Gasteiger charge is -2.05. The summed E-state index contributed by atoms with van der Waals surface area (Å²) in [6, 6.07) is 2.00. The Hall–Kier alpha value is -1.17. The van der Waals surface area contributed by atoms with Gasteiger partial charge in [0.25, 0.3) is 0 Å². The molecule has 1 heterocycles. The Morgan fingerprint density at radius 3 is 2.44 bits per heavy atom. The van der Waals surface area contributed by atoms with Gasteiger partial charge in [-0.15, -0.1) is 0 Å². The average Bonchev–Trinajstić information content (AvgIpc) is 2.60. The van der Waals surface area contributed by atoms with Crippen LogP contribution in [0.3, 0.4) is 0 Å². The van der Waals surface area contributed by atoms with Crippen molar-refractivity contribution in [2.24, 2.45) is 4.99 Å². The number of rotatable bonds is 1. The Labute approximate surface area is 95.0 Å². The number of halogens is 3. The molecule has 16 heavy (non-hydrogen) atoms. The van der Waals surface area contributed by atoms with Crippen molar-refractivity contribution in [1.29, 1.82) is 0 Å². The molecule has 1 aliphatic heterocycles. The fourth-order valence-electron chi connectivity index (χ4n) is 1.29. The minimum atomic E-state index is -1.46. The molecule has 86 valence electrons. The lowest BCUT2D eigenvalue weighted by Crippen LogP contribution is -2.06. The molecule has 1 aliphatic rings.